The second-order valence-electron chi connectivity index (χ2n) is 1.22. The van der Waals surface area contributed by atoms with E-state index >= 15 is 0 Å². The van der Waals surface area contributed by atoms with Gasteiger partial charge in [-0.2, -0.15) is 35.5 Å². The number of aliphatic hydroxyl groups is 1. The summed E-state index contributed by atoms with van der Waals surface area (Å²) in [6, 6.07) is 0. The Balaban J connectivity index is -0.000000149. The molecule has 0 aromatic heterocycles. The fraction of sp³-hybridized carbons (Fsp3) is 1.00. The van der Waals surface area contributed by atoms with Gasteiger partial charge in [0.05, 0.1) is 0 Å². The molecule has 0 saturated heterocycles. The van der Waals surface area contributed by atoms with Crippen LogP contribution in [0.4, 0.5) is 17.9 Å². The molecule has 0 bridgehead atoms. The summed E-state index contributed by atoms with van der Waals surface area (Å²) in [6.45, 7) is 0.681. The van der Waals surface area contributed by atoms with Crippen LogP contribution >= 0.6 is 22.4 Å². The highest BCUT2D eigenvalue weighted by Gasteiger charge is 2.33. The van der Waals surface area contributed by atoms with Crippen LogP contribution in [-0.4, -0.2) is 23.1 Å². The van der Waals surface area contributed by atoms with Gasteiger partial charge in [-0.3, -0.25) is 4.70 Å². The molecule has 0 rings (SSSR count). The van der Waals surface area contributed by atoms with Crippen molar-refractivity contribution in [2.75, 3.05) is 0 Å². The van der Waals surface area contributed by atoms with Crippen molar-refractivity contribution in [3.8, 4) is 0 Å². The third-order valence-electron chi connectivity index (χ3n) is 0.474. The molecular weight excluding hydrogens is 266 g/mol. The Morgan fingerprint density at radius 2 is 1.50 bits per heavy atom. The number of alkyl halides is 3. The molecule has 1 nitrogen and oxygen atoms in total. The Morgan fingerprint density at radius 1 is 1.40 bits per heavy atom. The van der Waals surface area contributed by atoms with E-state index in [-0.39, 0.29) is 4.70 Å². The highest BCUT2D eigenvalue weighted by atomic mass is 127. The molecule has 0 aliphatic carbocycles. The highest BCUT2D eigenvalue weighted by Crippen LogP contribution is 2.18. The lowest BCUT2D eigenvalue weighted by molar-refractivity contribution is -0.197. The molecule has 0 saturated carbocycles. The molecule has 0 aliphatic rings. The molecule has 0 fully saturated rings. The van der Waals surface area contributed by atoms with Crippen LogP contribution in [0, 0.1) is 0 Å². The fourth-order valence-electron chi connectivity index (χ4n) is 0. The van der Waals surface area contributed by atoms with E-state index in [9.17, 15) is 13.2 Å². The first-order chi connectivity index (χ1) is 3.94. The van der Waals surface area contributed by atoms with E-state index in [0.29, 0.717) is 6.92 Å². The zero-order valence-corrected chi connectivity index (χ0v) is 7.18. The van der Waals surface area contributed by atoms with Crippen molar-refractivity contribution >= 4 is 28.1 Å². The van der Waals surface area contributed by atoms with Gasteiger partial charge in [-0.1, -0.05) is 0 Å². The average Bonchev–Trinajstić information content (AvgIpc) is 1.69. The Labute approximate surface area is 70.6 Å². The zero-order chi connectivity index (χ0) is 8.08. The molecule has 2 radical (unpaired) electrons. The topological polar surface area (TPSA) is 20.2 Å². The third kappa shape index (κ3) is 11.3. The van der Waals surface area contributed by atoms with Gasteiger partial charge in [-0.05, 0) is 6.92 Å². The van der Waals surface area contributed by atoms with E-state index < -0.39 is 12.3 Å². The minimum Gasteiger partial charge on any atom is -0.384 e. The maximum atomic E-state index is 10.9. The van der Waals surface area contributed by atoms with Crippen LogP contribution in [0.3, 0.4) is 0 Å². The minimum absolute atomic E-state index is 0. The molecule has 0 heterocycles. The quantitative estimate of drug-likeness (QED) is 0.403. The molecule has 62 valence electrons. The number of hydrogen-bond acceptors (Lipinski definition) is 1. The molecule has 0 aromatic rings. The van der Waals surface area contributed by atoms with Crippen molar-refractivity contribution in [2.45, 2.75) is 19.2 Å². The molecule has 0 amide bonds. The molecule has 1 atom stereocenters. The van der Waals surface area contributed by atoms with Crippen molar-refractivity contribution in [1.82, 2.24) is 0 Å². The number of hydrogen-bond donors (Lipinski definition) is 1. The van der Waals surface area contributed by atoms with Gasteiger partial charge < -0.3 is 5.11 Å². The van der Waals surface area contributed by atoms with E-state index in [4.69, 9.17) is 5.11 Å². The molecule has 1 unspecified atom stereocenters. The van der Waals surface area contributed by atoms with E-state index in [0.717, 1.165) is 0 Å². The SMILES string of the molecule is CC(O)C(F)(F)F.F.[B]I. The van der Waals surface area contributed by atoms with Crippen LogP contribution in [-0.2, 0) is 0 Å². The Morgan fingerprint density at radius 3 is 1.50 bits per heavy atom. The Kier molecular flexibility index (Phi) is 12.8. The number of halogens is 5. The Hall–Kier alpha value is 0.475. The monoisotopic (exact) mass is 272 g/mol. The summed E-state index contributed by atoms with van der Waals surface area (Å²) in [6.07, 6.45) is -6.65. The summed E-state index contributed by atoms with van der Waals surface area (Å²) >= 11 is 1.65. The summed E-state index contributed by atoms with van der Waals surface area (Å²) in [5.41, 5.74) is 4.47. The van der Waals surface area contributed by atoms with Crippen molar-refractivity contribution in [3.63, 3.8) is 0 Å². The molecule has 1 N–H and O–H groups in total. The maximum absolute atomic E-state index is 10.9. The summed E-state index contributed by atoms with van der Waals surface area (Å²) in [5, 5.41) is 7.76. The lowest BCUT2D eigenvalue weighted by atomic mass is 10.4. The summed E-state index contributed by atoms with van der Waals surface area (Å²) in [5.74, 6) is 0. The summed E-state index contributed by atoms with van der Waals surface area (Å²) in [4.78, 5) is 0. The van der Waals surface area contributed by atoms with Crippen molar-refractivity contribution in [2.24, 2.45) is 0 Å². The average molecular weight is 272 g/mol. The van der Waals surface area contributed by atoms with Crippen LogP contribution < -0.4 is 0 Å². The predicted octanol–water partition coefficient (Wildman–Crippen LogP) is 1.59. The van der Waals surface area contributed by atoms with Gasteiger partial charge >= 0.3 is 6.18 Å². The molecule has 0 aromatic carbocycles. The van der Waals surface area contributed by atoms with Crippen LogP contribution in [0.1, 0.15) is 6.92 Å². The van der Waals surface area contributed by atoms with Gasteiger partial charge in [0.1, 0.15) is 6.10 Å². The van der Waals surface area contributed by atoms with Gasteiger partial charge in [0, 0.05) is 0 Å². The lowest BCUT2D eigenvalue weighted by Gasteiger charge is -2.06. The summed E-state index contributed by atoms with van der Waals surface area (Å²) in [7, 11) is 0. The van der Waals surface area contributed by atoms with E-state index in [2.05, 4.69) is 5.70 Å². The van der Waals surface area contributed by atoms with Crippen LogP contribution in [0.15, 0.2) is 0 Å². The van der Waals surface area contributed by atoms with Gasteiger partial charge in [0.2, 0.25) is 0 Å². The van der Waals surface area contributed by atoms with E-state index in [1.54, 1.807) is 22.4 Å². The third-order valence-corrected chi connectivity index (χ3v) is 0.474. The predicted molar refractivity (Wildman–Crippen MR) is 40.0 cm³/mol. The molecular formula is C3H6BF4IO. The molecule has 0 aliphatic heterocycles. The standard InChI is InChI=1S/C3H5F3O.BI.FH/c1-2(7)3(4,5)6;1-2;/h2,7H,1H3;;1H. The molecule has 10 heavy (non-hydrogen) atoms. The molecule has 7 heteroatoms. The highest BCUT2D eigenvalue weighted by molar-refractivity contribution is 14.1. The van der Waals surface area contributed by atoms with Crippen LogP contribution in [0.2, 0.25) is 0 Å². The van der Waals surface area contributed by atoms with Crippen molar-refractivity contribution in [3.05, 3.63) is 0 Å². The van der Waals surface area contributed by atoms with Crippen molar-refractivity contribution < 1.29 is 23.0 Å². The maximum Gasteiger partial charge on any atom is 0.414 e. The van der Waals surface area contributed by atoms with Crippen LogP contribution in [0.25, 0.3) is 0 Å². The zero-order valence-electron chi connectivity index (χ0n) is 5.02. The molecule has 0 spiro atoms. The fourth-order valence-corrected chi connectivity index (χ4v) is 0. The Bertz CT molecular complexity index is 66.0. The minimum atomic E-state index is -4.44. The second-order valence-corrected chi connectivity index (χ2v) is 1.22. The van der Waals surface area contributed by atoms with E-state index in [1.165, 1.54) is 0 Å². The first-order valence-electron chi connectivity index (χ1n) is 1.91. The van der Waals surface area contributed by atoms with Gasteiger partial charge in [0.25, 0.3) is 0 Å². The first-order valence-corrected chi connectivity index (χ1v) is 3.16. The first kappa shape index (κ1) is 16.8. The second kappa shape index (κ2) is 7.58. The largest absolute Gasteiger partial charge is 0.414 e. The van der Waals surface area contributed by atoms with E-state index in [1.807, 2.05) is 0 Å². The number of aliphatic hydroxyl groups excluding tert-OH is 1. The van der Waals surface area contributed by atoms with Crippen LogP contribution in [0.5, 0.6) is 0 Å². The normalized spacial score (nSPS) is 12.2. The number of rotatable bonds is 0. The van der Waals surface area contributed by atoms with Crippen molar-refractivity contribution in [1.29, 1.82) is 0 Å². The van der Waals surface area contributed by atoms with Gasteiger partial charge in [0.15, 0.2) is 5.70 Å². The van der Waals surface area contributed by atoms with Gasteiger partial charge in [-0.25, -0.2) is 0 Å². The summed E-state index contributed by atoms with van der Waals surface area (Å²) < 4.78 is 32.8. The van der Waals surface area contributed by atoms with Gasteiger partial charge in [-0.15, -0.1) is 0 Å². The lowest BCUT2D eigenvalue weighted by Crippen LogP contribution is -2.24. The smallest absolute Gasteiger partial charge is 0.384 e.